The van der Waals surface area contributed by atoms with E-state index in [1.165, 1.54) is 0 Å². The number of morpholine rings is 1. The SMILES string of the molecule is CC1(C(=O)OC[N+]2(C)CCOCC2)c2ccccc2Oc2ccccc21. The first-order chi connectivity index (χ1) is 12.5. The quantitative estimate of drug-likeness (QED) is 0.628. The van der Waals surface area contributed by atoms with Crippen molar-refractivity contribution in [3.8, 4) is 11.5 Å². The highest BCUT2D eigenvalue weighted by Gasteiger charge is 2.46. The number of likely N-dealkylation sites (N-methyl/N-ethyl adjacent to an activating group) is 1. The Morgan fingerprint density at radius 2 is 1.58 bits per heavy atom. The van der Waals surface area contributed by atoms with E-state index in [1.807, 2.05) is 55.5 Å². The molecule has 2 aliphatic heterocycles. The standard InChI is InChI=1S/C21H24NO4/c1-21(20(23)25-15-22(2)11-13-24-14-12-22)16-7-3-5-9-18(16)26-19-10-6-4-8-17(19)21/h3-10H,11-15H2,1-2H3/q+1. The summed E-state index contributed by atoms with van der Waals surface area (Å²) in [5, 5.41) is 0. The Kier molecular flexibility index (Phi) is 4.21. The van der Waals surface area contributed by atoms with Crippen molar-refractivity contribution in [1.29, 1.82) is 0 Å². The minimum absolute atomic E-state index is 0.244. The van der Waals surface area contributed by atoms with Crippen molar-refractivity contribution in [3.63, 3.8) is 0 Å². The summed E-state index contributed by atoms with van der Waals surface area (Å²) < 4.78 is 18.0. The maximum Gasteiger partial charge on any atom is 0.325 e. The van der Waals surface area contributed by atoms with Crippen LogP contribution in [0.15, 0.2) is 48.5 Å². The van der Waals surface area contributed by atoms with Crippen molar-refractivity contribution in [2.75, 3.05) is 40.1 Å². The lowest BCUT2D eigenvalue weighted by Crippen LogP contribution is -2.54. The third-order valence-corrected chi connectivity index (χ3v) is 5.54. The second kappa shape index (κ2) is 6.41. The minimum Gasteiger partial charge on any atom is -0.457 e. The zero-order chi connectivity index (χ0) is 18.2. The van der Waals surface area contributed by atoms with Gasteiger partial charge in [-0.2, -0.15) is 0 Å². The fourth-order valence-corrected chi connectivity index (χ4v) is 3.69. The fourth-order valence-electron chi connectivity index (χ4n) is 3.69. The molecule has 4 rings (SSSR count). The van der Waals surface area contributed by atoms with E-state index in [0.29, 0.717) is 35.9 Å². The van der Waals surface area contributed by atoms with E-state index in [9.17, 15) is 4.79 Å². The lowest BCUT2D eigenvalue weighted by molar-refractivity contribution is -0.932. The molecule has 2 aromatic carbocycles. The molecule has 0 unspecified atom stereocenters. The first-order valence-corrected chi connectivity index (χ1v) is 8.98. The molecule has 1 fully saturated rings. The number of rotatable bonds is 3. The number of fused-ring (bicyclic) bond motifs is 2. The largest absolute Gasteiger partial charge is 0.457 e. The van der Waals surface area contributed by atoms with Crippen LogP contribution in [0.2, 0.25) is 0 Å². The summed E-state index contributed by atoms with van der Waals surface area (Å²) in [6, 6.07) is 15.4. The normalized spacial score (nSPS) is 19.6. The number of carbonyl (C=O) groups is 1. The van der Waals surface area contributed by atoms with E-state index in [-0.39, 0.29) is 5.97 Å². The molecule has 0 saturated carbocycles. The second-order valence-corrected chi connectivity index (χ2v) is 7.46. The molecule has 0 N–H and O–H groups in total. The Balaban J connectivity index is 1.67. The molecule has 0 atom stereocenters. The van der Waals surface area contributed by atoms with Crippen LogP contribution in [0.4, 0.5) is 0 Å². The summed E-state index contributed by atoms with van der Waals surface area (Å²) in [5.74, 6) is 1.17. The molecule has 136 valence electrons. The van der Waals surface area contributed by atoms with E-state index >= 15 is 0 Å². The van der Waals surface area contributed by atoms with Crippen LogP contribution in [0.5, 0.6) is 11.5 Å². The summed E-state index contributed by atoms with van der Waals surface area (Å²) in [6.45, 7) is 5.37. The first kappa shape index (κ1) is 17.1. The van der Waals surface area contributed by atoms with Crippen molar-refractivity contribution in [2.24, 2.45) is 0 Å². The van der Waals surface area contributed by atoms with Gasteiger partial charge in [0.1, 0.15) is 30.0 Å². The van der Waals surface area contributed by atoms with Crippen molar-refractivity contribution < 1.29 is 23.5 Å². The molecule has 5 heteroatoms. The molecule has 0 amide bonds. The molecule has 0 spiro atoms. The number of hydrogen-bond donors (Lipinski definition) is 0. The molecule has 26 heavy (non-hydrogen) atoms. The second-order valence-electron chi connectivity index (χ2n) is 7.46. The fraction of sp³-hybridized carbons (Fsp3) is 0.381. The number of hydrogen-bond acceptors (Lipinski definition) is 4. The molecule has 2 aromatic rings. The molecule has 2 aliphatic rings. The Morgan fingerprint density at radius 3 is 2.15 bits per heavy atom. The van der Waals surface area contributed by atoms with Gasteiger partial charge in [-0.15, -0.1) is 0 Å². The molecule has 0 bridgehead atoms. The van der Waals surface area contributed by atoms with E-state index in [1.54, 1.807) is 0 Å². The predicted molar refractivity (Wildman–Crippen MR) is 97.1 cm³/mol. The van der Waals surface area contributed by atoms with Crippen LogP contribution < -0.4 is 4.74 Å². The summed E-state index contributed by atoms with van der Waals surface area (Å²) in [4.78, 5) is 13.3. The van der Waals surface area contributed by atoms with Crippen molar-refractivity contribution >= 4 is 5.97 Å². The summed E-state index contributed by atoms with van der Waals surface area (Å²) in [7, 11) is 2.10. The van der Waals surface area contributed by atoms with Crippen LogP contribution in [-0.2, 0) is 19.7 Å². The van der Waals surface area contributed by atoms with Crippen molar-refractivity contribution in [3.05, 3.63) is 59.7 Å². The third-order valence-electron chi connectivity index (χ3n) is 5.54. The summed E-state index contributed by atoms with van der Waals surface area (Å²) in [5.41, 5.74) is 0.790. The Hall–Kier alpha value is -2.37. The maximum absolute atomic E-state index is 13.3. The summed E-state index contributed by atoms with van der Waals surface area (Å²) in [6.07, 6.45) is 0. The van der Waals surface area contributed by atoms with Crippen molar-refractivity contribution in [2.45, 2.75) is 12.3 Å². The highest BCUT2D eigenvalue weighted by molar-refractivity contribution is 5.90. The average Bonchev–Trinajstić information content (AvgIpc) is 2.67. The van der Waals surface area contributed by atoms with Crippen LogP contribution >= 0.6 is 0 Å². The molecule has 0 aliphatic carbocycles. The molecule has 5 nitrogen and oxygen atoms in total. The van der Waals surface area contributed by atoms with Gasteiger partial charge < -0.3 is 14.2 Å². The Morgan fingerprint density at radius 1 is 1.04 bits per heavy atom. The number of quaternary nitrogens is 1. The molecule has 2 heterocycles. The number of ether oxygens (including phenoxy) is 3. The molecular formula is C21H24NO4+. The lowest BCUT2D eigenvalue weighted by atomic mass is 9.74. The van der Waals surface area contributed by atoms with Gasteiger partial charge in [-0.1, -0.05) is 36.4 Å². The topological polar surface area (TPSA) is 44.8 Å². The van der Waals surface area contributed by atoms with Gasteiger partial charge in [0.2, 0.25) is 6.73 Å². The zero-order valence-electron chi connectivity index (χ0n) is 15.2. The number of benzene rings is 2. The van der Waals surface area contributed by atoms with E-state index in [0.717, 1.165) is 24.2 Å². The molecule has 1 saturated heterocycles. The Bertz CT molecular complexity index is 781. The van der Waals surface area contributed by atoms with E-state index in [4.69, 9.17) is 14.2 Å². The summed E-state index contributed by atoms with van der Waals surface area (Å²) >= 11 is 0. The van der Waals surface area contributed by atoms with Gasteiger partial charge in [-0.25, -0.2) is 0 Å². The van der Waals surface area contributed by atoms with Crippen LogP contribution in [-0.4, -0.2) is 50.5 Å². The van der Waals surface area contributed by atoms with Gasteiger partial charge in [-0.05, 0) is 19.1 Å². The zero-order valence-corrected chi connectivity index (χ0v) is 15.2. The van der Waals surface area contributed by atoms with Gasteiger partial charge in [0.15, 0.2) is 0 Å². The van der Waals surface area contributed by atoms with Crippen LogP contribution in [0.3, 0.4) is 0 Å². The maximum atomic E-state index is 13.3. The first-order valence-electron chi connectivity index (χ1n) is 8.98. The van der Waals surface area contributed by atoms with Crippen LogP contribution in [0, 0.1) is 0 Å². The molecular weight excluding hydrogens is 330 g/mol. The third kappa shape index (κ3) is 2.77. The van der Waals surface area contributed by atoms with Crippen LogP contribution in [0.25, 0.3) is 0 Å². The van der Waals surface area contributed by atoms with E-state index in [2.05, 4.69) is 7.05 Å². The predicted octanol–water partition coefficient (Wildman–Crippen LogP) is 3.08. The van der Waals surface area contributed by atoms with Gasteiger partial charge in [0.05, 0.1) is 20.3 Å². The van der Waals surface area contributed by atoms with Gasteiger partial charge in [0, 0.05) is 11.1 Å². The molecule has 0 radical (unpaired) electrons. The van der Waals surface area contributed by atoms with Gasteiger partial charge in [0.25, 0.3) is 0 Å². The smallest absolute Gasteiger partial charge is 0.325 e. The highest BCUT2D eigenvalue weighted by Crippen LogP contribution is 2.48. The minimum atomic E-state index is -0.892. The number of esters is 1. The Labute approximate surface area is 153 Å². The van der Waals surface area contributed by atoms with Crippen LogP contribution in [0.1, 0.15) is 18.1 Å². The molecule has 0 aromatic heterocycles. The van der Waals surface area contributed by atoms with Gasteiger partial charge >= 0.3 is 5.97 Å². The highest BCUT2D eigenvalue weighted by atomic mass is 16.6. The number of nitrogens with zero attached hydrogens (tertiary/aromatic N) is 1. The monoisotopic (exact) mass is 354 g/mol. The average molecular weight is 354 g/mol. The number of carbonyl (C=O) groups excluding carboxylic acids is 1. The van der Waals surface area contributed by atoms with Gasteiger partial charge in [-0.3, -0.25) is 9.28 Å². The lowest BCUT2D eigenvalue weighted by Gasteiger charge is -2.39. The number of para-hydroxylation sites is 2. The van der Waals surface area contributed by atoms with E-state index < -0.39 is 5.41 Å². The van der Waals surface area contributed by atoms with Crippen molar-refractivity contribution in [1.82, 2.24) is 0 Å².